The molecule has 3 aromatic rings. The minimum atomic E-state index is -0.934. The average molecular weight is 686 g/mol. The number of carboxylic acids is 1. The third kappa shape index (κ3) is 17.6. The lowest BCUT2D eigenvalue weighted by Gasteiger charge is -2.24. The first kappa shape index (κ1) is 39.9. The number of nitrogens with two attached hydrogens (primary N) is 1. The summed E-state index contributed by atoms with van der Waals surface area (Å²) in [6.07, 6.45) is 7.17. The number of rotatable bonds is 29. The van der Waals surface area contributed by atoms with Gasteiger partial charge in [0.25, 0.3) is 0 Å². The van der Waals surface area contributed by atoms with Gasteiger partial charge in [0.15, 0.2) is 0 Å². The number of carboxylic acid groups (broad SMARTS) is 1. The third-order valence-electron chi connectivity index (χ3n) is 7.65. The predicted octanol–water partition coefficient (Wildman–Crippen LogP) is 3.71. The zero-order valence-electron chi connectivity index (χ0n) is 29.1. The van der Waals surface area contributed by atoms with E-state index in [1.165, 1.54) is 6.33 Å². The van der Waals surface area contributed by atoms with Crippen molar-refractivity contribution in [3.8, 4) is 0 Å². The van der Waals surface area contributed by atoms with Crippen LogP contribution >= 0.6 is 0 Å². The van der Waals surface area contributed by atoms with Crippen LogP contribution in [0, 0.1) is 5.92 Å². The summed E-state index contributed by atoms with van der Waals surface area (Å²) in [5.74, 6) is 0.496. The lowest BCUT2D eigenvalue weighted by Crippen LogP contribution is -2.37. The number of nitrogen functional groups attached to an aromatic ring is 1. The molecule has 0 saturated carbocycles. The Kier molecular flexibility index (Phi) is 20.0. The van der Waals surface area contributed by atoms with E-state index in [9.17, 15) is 9.90 Å². The van der Waals surface area contributed by atoms with Crippen LogP contribution in [0.15, 0.2) is 42.9 Å². The van der Waals surface area contributed by atoms with Crippen LogP contribution in [0.3, 0.4) is 0 Å². The van der Waals surface area contributed by atoms with Gasteiger partial charge in [0.1, 0.15) is 18.2 Å². The summed E-state index contributed by atoms with van der Waals surface area (Å²) >= 11 is 0. The lowest BCUT2D eigenvalue weighted by molar-refractivity contribution is -0.138. The molecule has 1 atom stereocenters. The van der Waals surface area contributed by atoms with E-state index in [1.807, 2.05) is 30.3 Å². The van der Waals surface area contributed by atoms with Crippen molar-refractivity contribution in [2.45, 2.75) is 52.0 Å². The summed E-state index contributed by atoms with van der Waals surface area (Å²) in [4.78, 5) is 31.3. The molecule has 49 heavy (non-hydrogen) atoms. The summed E-state index contributed by atoms with van der Waals surface area (Å²) in [6, 6.07) is 8.58. The van der Waals surface area contributed by atoms with E-state index in [-0.39, 0.29) is 5.95 Å². The number of aliphatic carboxylic acids is 1. The van der Waals surface area contributed by atoms with E-state index in [0.717, 1.165) is 55.4 Å². The zero-order chi connectivity index (χ0) is 34.9. The number of fused-ring (bicyclic) bond motifs is 1. The van der Waals surface area contributed by atoms with E-state index in [0.29, 0.717) is 90.7 Å². The lowest BCUT2D eigenvalue weighted by atomic mass is 10.1. The summed E-state index contributed by atoms with van der Waals surface area (Å²) in [5.41, 5.74) is 7.38. The van der Waals surface area contributed by atoms with Crippen molar-refractivity contribution in [3.05, 3.63) is 48.5 Å². The van der Waals surface area contributed by atoms with Gasteiger partial charge >= 0.3 is 5.97 Å². The second-order valence-corrected chi connectivity index (χ2v) is 12.0. The second-order valence-electron chi connectivity index (χ2n) is 12.0. The highest BCUT2D eigenvalue weighted by atomic mass is 16.6. The maximum Gasteiger partial charge on any atom is 0.326 e. The predicted molar refractivity (Wildman–Crippen MR) is 189 cm³/mol. The SMILES string of the molecule is CC(C)CCOCCOCCOCCOCCOCCN(CCCCc1ccnc(N)n1)CC[C@H](Nc1ncnc2ccccc12)C(=O)O. The number of anilines is 2. The number of nitrogens with one attached hydrogen (secondary N) is 1. The maximum absolute atomic E-state index is 12.2. The number of unbranched alkanes of at least 4 members (excludes halogenated alkanes) is 1. The van der Waals surface area contributed by atoms with Gasteiger partial charge in [0.2, 0.25) is 5.95 Å². The summed E-state index contributed by atoms with van der Waals surface area (Å²) in [7, 11) is 0. The van der Waals surface area contributed by atoms with Crippen LogP contribution in [0.25, 0.3) is 10.9 Å². The summed E-state index contributed by atoms with van der Waals surface area (Å²) in [5, 5.41) is 13.9. The molecule has 0 fully saturated rings. The van der Waals surface area contributed by atoms with Gasteiger partial charge in [0.05, 0.1) is 65.0 Å². The number of aryl methyl sites for hydroxylation is 1. The molecule has 0 bridgehead atoms. The molecular formula is C35H55N7O7. The number of nitrogens with zero attached hydrogens (tertiary/aromatic N) is 5. The molecule has 14 nitrogen and oxygen atoms in total. The molecule has 4 N–H and O–H groups in total. The van der Waals surface area contributed by atoms with E-state index in [2.05, 4.69) is 44.0 Å². The Morgan fingerprint density at radius 3 is 2.10 bits per heavy atom. The van der Waals surface area contributed by atoms with Crippen LogP contribution in [0.4, 0.5) is 11.8 Å². The molecule has 2 heterocycles. The standard InChI is InChI=1S/C35H55N7O7/c1-28(2)12-17-45-19-21-47-23-25-49-26-24-48-22-20-46-18-16-42(14-6-5-7-29-10-13-37-35(36)40-29)15-11-32(34(43)44)41-33-30-8-3-4-9-31(30)38-27-39-33/h3-4,8-10,13,27-28,32H,5-7,11-12,14-26H2,1-2H3,(H,43,44)(H2,36,37,40)(H,38,39,41)/t32-/m0/s1. The Morgan fingerprint density at radius 1 is 0.796 bits per heavy atom. The van der Waals surface area contributed by atoms with Gasteiger partial charge < -0.3 is 44.7 Å². The van der Waals surface area contributed by atoms with Crippen LogP contribution in [-0.2, 0) is 34.9 Å². The molecule has 2 aromatic heterocycles. The smallest absolute Gasteiger partial charge is 0.326 e. The number of para-hydroxylation sites is 1. The van der Waals surface area contributed by atoms with E-state index in [1.54, 1.807) is 6.20 Å². The number of hydrogen-bond donors (Lipinski definition) is 3. The fourth-order valence-electron chi connectivity index (χ4n) is 4.88. The highest BCUT2D eigenvalue weighted by molar-refractivity contribution is 5.90. The van der Waals surface area contributed by atoms with Gasteiger partial charge in [-0.2, -0.15) is 0 Å². The molecule has 0 radical (unpaired) electrons. The van der Waals surface area contributed by atoms with Gasteiger partial charge in [-0.05, 0) is 62.8 Å². The minimum Gasteiger partial charge on any atom is -0.480 e. The molecule has 0 aliphatic carbocycles. The van der Waals surface area contributed by atoms with Crippen LogP contribution < -0.4 is 11.1 Å². The van der Waals surface area contributed by atoms with Crippen LogP contribution in [0.2, 0.25) is 0 Å². The molecule has 0 aliphatic heterocycles. The van der Waals surface area contributed by atoms with E-state index >= 15 is 0 Å². The number of ether oxygens (including phenoxy) is 5. The van der Waals surface area contributed by atoms with Gasteiger partial charge in [0, 0.05) is 37.0 Å². The first-order chi connectivity index (χ1) is 23.9. The molecule has 0 spiro atoms. The topological polar surface area (TPSA) is 176 Å². The molecule has 0 aliphatic rings. The van der Waals surface area contributed by atoms with Gasteiger partial charge in [-0.25, -0.2) is 24.7 Å². The Bertz CT molecular complexity index is 1310. The minimum absolute atomic E-state index is 0.274. The quantitative estimate of drug-likeness (QED) is 0.0902. The van der Waals surface area contributed by atoms with Crippen LogP contribution in [0.1, 0.15) is 45.2 Å². The largest absolute Gasteiger partial charge is 0.480 e. The molecular weight excluding hydrogens is 630 g/mol. The van der Waals surface area contributed by atoms with E-state index < -0.39 is 12.0 Å². The Labute approximate surface area is 290 Å². The number of aromatic nitrogens is 4. The van der Waals surface area contributed by atoms with Gasteiger partial charge in [-0.1, -0.05) is 26.0 Å². The van der Waals surface area contributed by atoms with Crippen LogP contribution in [0.5, 0.6) is 0 Å². The summed E-state index contributed by atoms with van der Waals surface area (Å²) < 4.78 is 28.1. The highest BCUT2D eigenvalue weighted by Crippen LogP contribution is 2.20. The fraction of sp³-hybridized carbons (Fsp3) is 0.629. The molecule has 0 unspecified atom stereocenters. The van der Waals surface area contributed by atoms with Crippen molar-refractivity contribution in [3.63, 3.8) is 0 Å². The number of benzene rings is 1. The van der Waals surface area contributed by atoms with Crippen molar-refractivity contribution in [1.82, 2.24) is 24.8 Å². The first-order valence-electron chi connectivity index (χ1n) is 17.3. The average Bonchev–Trinajstić information content (AvgIpc) is 3.09. The van der Waals surface area contributed by atoms with Crippen molar-refractivity contribution in [1.29, 1.82) is 0 Å². The number of carbonyl (C=O) groups is 1. The fourth-order valence-corrected chi connectivity index (χ4v) is 4.88. The number of hydrogen-bond acceptors (Lipinski definition) is 13. The Balaban J connectivity index is 1.33. The Morgan fingerprint density at radius 2 is 1.45 bits per heavy atom. The van der Waals surface area contributed by atoms with Gasteiger partial charge in [-0.15, -0.1) is 0 Å². The maximum atomic E-state index is 12.2. The molecule has 0 amide bonds. The van der Waals surface area contributed by atoms with E-state index in [4.69, 9.17) is 29.4 Å². The molecule has 1 aromatic carbocycles. The van der Waals surface area contributed by atoms with Crippen molar-refractivity contribution < 1.29 is 33.6 Å². The highest BCUT2D eigenvalue weighted by Gasteiger charge is 2.20. The third-order valence-corrected chi connectivity index (χ3v) is 7.65. The van der Waals surface area contributed by atoms with Crippen molar-refractivity contribution in [2.75, 3.05) is 96.8 Å². The van der Waals surface area contributed by atoms with Crippen LogP contribution in [-0.4, -0.2) is 128 Å². The monoisotopic (exact) mass is 685 g/mol. The summed E-state index contributed by atoms with van der Waals surface area (Å²) in [6.45, 7) is 11.8. The van der Waals surface area contributed by atoms with Crippen molar-refractivity contribution >= 4 is 28.6 Å². The normalized spacial score (nSPS) is 12.2. The molecule has 14 heteroatoms. The molecule has 272 valence electrons. The second kappa shape index (κ2) is 24.6. The molecule has 0 saturated heterocycles. The molecule has 3 rings (SSSR count). The Hall–Kier alpha value is -3.53. The van der Waals surface area contributed by atoms with Gasteiger partial charge in [-0.3, -0.25) is 0 Å². The first-order valence-corrected chi connectivity index (χ1v) is 17.3. The zero-order valence-corrected chi connectivity index (χ0v) is 29.1. The van der Waals surface area contributed by atoms with Crippen molar-refractivity contribution in [2.24, 2.45) is 5.92 Å².